The summed E-state index contributed by atoms with van der Waals surface area (Å²) in [6, 6.07) is 18.4. The number of ether oxygens (including phenoxy) is 1. The van der Waals surface area contributed by atoms with Gasteiger partial charge in [-0.05, 0) is 67.5 Å². The zero-order chi connectivity index (χ0) is 20.0. The quantitative estimate of drug-likeness (QED) is 0.549. The minimum atomic E-state index is -0.285. The molecule has 5 rings (SSSR count). The molecule has 1 aliphatic heterocycles. The average Bonchev–Trinajstić information content (AvgIpc) is 3.28. The summed E-state index contributed by atoms with van der Waals surface area (Å²) in [7, 11) is 0. The Kier molecular flexibility index (Phi) is 4.35. The standard InChI is InChI=1S/C25H23NO3/c1-16(17-6-2-3-7-17)29-20-14-12-19(13-15-20)26-24(27)21-10-4-8-18-9-5-11-22(23(18)21)25(26)28/h4-5,8-17H,2-3,6-7H2,1H3. The van der Waals surface area contributed by atoms with Crippen LogP contribution in [0.25, 0.3) is 10.8 Å². The molecule has 1 fully saturated rings. The monoisotopic (exact) mass is 385 g/mol. The molecule has 29 heavy (non-hydrogen) atoms. The first-order valence-electron chi connectivity index (χ1n) is 10.3. The molecule has 0 saturated heterocycles. The van der Waals surface area contributed by atoms with Crippen molar-refractivity contribution in [3.8, 4) is 5.75 Å². The number of carbonyl (C=O) groups is 2. The predicted octanol–water partition coefficient (Wildman–Crippen LogP) is 5.60. The van der Waals surface area contributed by atoms with Crippen LogP contribution in [-0.2, 0) is 0 Å². The number of hydrogen-bond donors (Lipinski definition) is 0. The minimum Gasteiger partial charge on any atom is -0.490 e. The van der Waals surface area contributed by atoms with E-state index in [0.717, 1.165) is 16.5 Å². The third kappa shape index (κ3) is 3.00. The van der Waals surface area contributed by atoms with Gasteiger partial charge in [0.15, 0.2) is 0 Å². The number of hydrogen-bond acceptors (Lipinski definition) is 3. The Balaban J connectivity index is 1.44. The lowest BCUT2D eigenvalue weighted by Crippen LogP contribution is -2.40. The third-order valence-corrected chi connectivity index (χ3v) is 6.25. The van der Waals surface area contributed by atoms with Crippen molar-refractivity contribution in [2.45, 2.75) is 38.7 Å². The van der Waals surface area contributed by atoms with E-state index in [1.807, 2.05) is 36.4 Å². The van der Waals surface area contributed by atoms with Crippen molar-refractivity contribution in [3.63, 3.8) is 0 Å². The molecule has 1 saturated carbocycles. The van der Waals surface area contributed by atoms with Crippen LogP contribution in [0.1, 0.15) is 53.3 Å². The van der Waals surface area contributed by atoms with Crippen LogP contribution < -0.4 is 9.64 Å². The molecule has 0 radical (unpaired) electrons. The highest BCUT2D eigenvalue weighted by atomic mass is 16.5. The van der Waals surface area contributed by atoms with E-state index in [-0.39, 0.29) is 17.9 Å². The Morgan fingerprint density at radius 2 is 1.45 bits per heavy atom. The fraction of sp³-hybridized carbons (Fsp3) is 0.280. The molecule has 4 nitrogen and oxygen atoms in total. The number of amides is 2. The number of carbonyl (C=O) groups excluding carboxylic acids is 2. The zero-order valence-electron chi connectivity index (χ0n) is 16.4. The van der Waals surface area contributed by atoms with Crippen LogP contribution in [0.4, 0.5) is 5.69 Å². The van der Waals surface area contributed by atoms with E-state index in [2.05, 4.69) is 6.92 Å². The summed E-state index contributed by atoms with van der Waals surface area (Å²) < 4.78 is 6.11. The van der Waals surface area contributed by atoms with Gasteiger partial charge in [-0.1, -0.05) is 37.1 Å². The summed E-state index contributed by atoms with van der Waals surface area (Å²) in [6.45, 7) is 2.12. The Labute approximate surface area is 170 Å². The minimum absolute atomic E-state index is 0.172. The van der Waals surface area contributed by atoms with E-state index in [1.54, 1.807) is 24.3 Å². The molecule has 1 heterocycles. The summed E-state index contributed by atoms with van der Waals surface area (Å²) in [5, 5.41) is 1.65. The maximum atomic E-state index is 13.1. The highest BCUT2D eigenvalue weighted by molar-refractivity contribution is 6.35. The summed E-state index contributed by atoms with van der Waals surface area (Å²) >= 11 is 0. The lowest BCUT2D eigenvalue weighted by Gasteiger charge is -2.27. The fourth-order valence-corrected chi connectivity index (χ4v) is 4.68. The van der Waals surface area contributed by atoms with Crippen molar-refractivity contribution in [2.24, 2.45) is 5.92 Å². The van der Waals surface area contributed by atoms with E-state index >= 15 is 0 Å². The number of imide groups is 1. The molecule has 146 valence electrons. The second-order valence-corrected chi connectivity index (χ2v) is 8.02. The Morgan fingerprint density at radius 1 is 0.862 bits per heavy atom. The molecule has 3 aromatic rings. The van der Waals surface area contributed by atoms with Crippen LogP contribution in [0.2, 0.25) is 0 Å². The fourth-order valence-electron chi connectivity index (χ4n) is 4.68. The molecular weight excluding hydrogens is 362 g/mol. The smallest absolute Gasteiger partial charge is 0.265 e. The molecule has 2 amide bonds. The van der Waals surface area contributed by atoms with Crippen LogP contribution in [0.3, 0.4) is 0 Å². The second-order valence-electron chi connectivity index (χ2n) is 8.02. The lowest BCUT2D eigenvalue weighted by molar-refractivity contribution is 0.0893. The van der Waals surface area contributed by atoms with E-state index in [4.69, 9.17) is 4.74 Å². The largest absolute Gasteiger partial charge is 0.490 e. The van der Waals surface area contributed by atoms with Crippen molar-refractivity contribution in [3.05, 3.63) is 71.8 Å². The van der Waals surface area contributed by atoms with Gasteiger partial charge in [-0.15, -0.1) is 0 Å². The first-order valence-corrected chi connectivity index (χ1v) is 10.3. The number of nitrogens with zero attached hydrogens (tertiary/aromatic N) is 1. The molecule has 0 aromatic heterocycles. The number of benzene rings is 3. The van der Waals surface area contributed by atoms with Gasteiger partial charge in [0, 0.05) is 16.5 Å². The molecule has 0 bridgehead atoms. The average molecular weight is 385 g/mol. The topological polar surface area (TPSA) is 46.6 Å². The molecule has 2 aliphatic rings. The van der Waals surface area contributed by atoms with Crippen LogP contribution in [0.15, 0.2) is 60.7 Å². The Morgan fingerprint density at radius 3 is 2.03 bits per heavy atom. The normalized spacial score (nSPS) is 17.8. The first kappa shape index (κ1) is 17.9. The predicted molar refractivity (Wildman–Crippen MR) is 114 cm³/mol. The summed E-state index contributed by atoms with van der Waals surface area (Å²) in [6.07, 6.45) is 5.18. The van der Waals surface area contributed by atoms with Gasteiger partial charge < -0.3 is 4.74 Å². The van der Waals surface area contributed by atoms with E-state index in [1.165, 1.54) is 30.6 Å². The summed E-state index contributed by atoms with van der Waals surface area (Å²) in [5.74, 6) is 0.809. The molecule has 4 heteroatoms. The lowest BCUT2D eigenvalue weighted by atomic mass is 9.94. The van der Waals surface area contributed by atoms with Gasteiger partial charge >= 0.3 is 0 Å². The first-order chi connectivity index (χ1) is 14.1. The number of rotatable bonds is 4. The highest BCUT2D eigenvalue weighted by Gasteiger charge is 2.33. The maximum absolute atomic E-state index is 13.1. The van der Waals surface area contributed by atoms with Crippen molar-refractivity contribution in [1.29, 1.82) is 0 Å². The molecule has 1 unspecified atom stereocenters. The Bertz CT molecular complexity index is 1050. The molecule has 1 aliphatic carbocycles. The SMILES string of the molecule is CC(Oc1ccc(N2C(=O)c3cccc4cccc(c34)C2=O)cc1)C1CCCC1. The van der Waals surface area contributed by atoms with Crippen molar-refractivity contribution >= 4 is 28.3 Å². The van der Waals surface area contributed by atoms with Crippen molar-refractivity contribution in [2.75, 3.05) is 4.90 Å². The van der Waals surface area contributed by atoms with Crippen LogP contribution in [0, 0.1) is 5.92 Å². The molecule has 0 N–H and O–H groups in total. The van der Waals surface area contributed by atoms with E-state index < -0.39 is 0 Å². The van der Waals surface area contributed by atoms with E-state index in [0.29, 0.717) is 22.7 Å². The van der Waals surface area contributed by atoms with Gasteiger partial charge in [-0.2, -0.15) is 0 Å². The van der Waals surface area contributed by atoms with Gasteiger partial charge in [0.05, 0.1) is 11.8 Å². The second kappa shape index (κ2) is 7.03. The van der Waals surface area contributed by atoms with Gasteiger partial charge in [-0.3, -0.25) is 9.59 Å². The third-order valence-electron chi connectivity index (χ3n) is 6.25. The highest BCUT2D eigenvalue weighted by Crippen LogP contribution is 2.34. The van der Waals surface area contributed by atoms with Gasteiger partial charge in [0.2, 0.25) is 0 Å². The maximum Gasteiger partial charge on any atom is 0.265 e. The summed E-state index contributed by atoms with van der Waals surface area (Å²) in [5.41, 5.74) is 1.69. The molecule has 3 aromatic carbocycles. The van der Waals surface area contributed by atoms with Crippen LogP contribution in [0.5, 0.6) is 5.75 Å². The van der Waals surface area contributed by atoms with Crippen LogP contribution in [-0.4, -0.2) is 17.9 Å². The van der Waals surface area contributed by atoms with Crippen molar-refractivity contribution in [1.82, 2.24) is 0 Å². The van der Waals surface area contributed by atoms with Gasteiger partial charge in [-0.25, -0.2) is 4.90 Å². The van der Waals surface area contributed by atoms with Crippen molar-refractivity contribution < 1.29 is 14.3 Å². The zero-order valence-corrected chi connectivity index (χ0v) is 16.4. The number of anilines is 1. The van der Waals surface area contributed by atoms with E-state index in [9.17, 15) is 9.59 Å². The molecule has 0 spiro atoms. The summed E-state index contributed by atoms with van der Waals surface area (Å²) in [4.78, 5) is 27.5. The van der Waals surface area contributed by atoms with Gasteiger partial charge in [0.1, 0.15) is 5.75 Å². The Hall–Kier alpha value is -3.14. The molecular formula is C25H23NO3. The van der Waals surface area contributed by atoms with Crippen LogP contribution >= 0.6 is 0 Å². The molecule has 1 atom stereocenters. The van der Waals surface area contributed by atoms with Gasteiger partial charge in [0.25, 0.3) is 11.8 Å².